The van der Waals surface area contributed by atoms with Crippen LogP contribution < -0.4 is 0 Å². The minimum atomic E-state index is -5.45. The molecule has 0 unspecified atom stereocenters. The first-order valence-electron chi connectivity index (χ1n) is 10.9. The molecule has 4 aromatic rings. The van der Waals surface area contributed by atoms with Crippen LogP contribution in [0.1, 0.15) is 16.7 Å². The number of hydrogen-bond acceptors (Lipinski definition) is 2. The maximum atomic E-state index is 14.7. The second-order valence-electron chi connectivity index (χ2n) is 8.47. The first kappa shape index (κ1) is 26.8. The summed E-state index contributed by atoms with van der Waals surface area (Å²) in [6.45, 7) is 5.46. The molecule has 0 saturated carbocycles. The van der Waals surface area contributed by atoms with Gasteiger partial charge in [0, 0.05) is 0 Å². The lowest BCUT2D eigenvalue weighted by atomic mass is 10.2. The van der Waals surface area contributed by atoms with E-state index in [0.717, 1.165) is 16.7 Å². The van der Waals surface area contributed by atoms with E-state index < -0.39 is 54.4 Å². The lowest BCUT2D eigenvalue weighted by Gasteiger charge is -2.35. The van der Waals surface area contributed by atoms with Crippen LogP contribution >= 0.6 is 10.3 Å². The smallest absolute Gasteiger partial charge is 0.258 e. The second-order valence-corrected chi connectivity index (χ2v) is 13.0. The van der Waals surface area contributed by atoms with E-state index in [1.54, 1.807) is 72.8 Å². The Morgan fingerprint density at radius 2 is 0.757 bits per heavy atom. The first-order chi connectivity index (χ1) is 17.4. The van der Waals surface area contributed by atoms with E-state index in [-0.39, 0.29) is 0 Å². The predicted octanol–water partition coefficient (Wildman–Crippen LogP) is 7.99. The van der Waals surface area contributed by atoms with Crippen LogP contribution in [0.2, 0.25) is 0 Å². The third kappa shape index (κ3) is 4.76. The van der Waals surface area contributed by atoms with E-state index >= 15 is 0 Å². The van der Waals surface area contributed by atoms with Crippen molar-refractivity contribution >= 4 is 20.4 Å². The summed E-state index contributed by atoms with van der Waals surface area (Å²) >= 11 is 0. The monoisotopic (exact) mass is 553 g/mol. The van der Waals surface area contributed by atoms with Gasteiger partial charge in [-0.2, -0.15) is 0 Å². The minimum absolute atomic E-state index is 0.387. The predicted molar refractivity (Wildman–Crippen MR) is 132 cm³/mol. The third-order valence-electron chi connectivity index (χ3n) is 5.72. The summed E-state index contributed by atoms with van der Waals surface area (Å²) in [5, 5.41) is 0. The largest absolute Gasteiger partial charge is 0.428 e. The summed E-state index contributed by atoms with van der Waals surface area (Å²) in [5.74, 6) is -12.1. The molecule has 0 heterocycles. The van der Waals surface area contributed by atoms with Crippen molar-refractivity contribution in [2.45, 2.75) is 40.4 Å². The van der Waals surface area contributed by atoms with Gasteiger partial charge in [0.2, 0.25) is 10.7 Å². The summed E-state index contributed by atoms with van der Waals surface area (Å²) in [6, 6.07) is 20.2. The molecular formula is C27H22F5O3S2+. The lowest BCUT2D eigenvalue weighted by molar-refractivity contribution is 0.338. The van der Waals surface area contributed by atoms with Gasteiger partial charge in [-0.15, -0.1) is 8.42 Å². The molecule has 0 aliphatic heterocycles. The zero-order chi connectivity index (χ0) is 27.1. The molecule has 10 heteroatoms. The van der Waals surface area contributed by atoms with Crippen molar-refractivity contribution in [3.8, 4) is 0 Å². The number of hydrogen-bond donors (Lipinski definition) is 0. The fourth-order valence-corrected chi connectivity index (χ4v) is 9.29. The second kappa shape index (κ2) is 9.92. The van der Waals surface area contributed by atoms with Crippen LogP contribution in [0.3, 0.4) is 0 Å². The van der Waals surface area contributed by atoms with Crippen molar-refractivity contribution in [2.75, 3.05) is 0 Å². The standard InChI is InChI=1S/C27H21F5O3S2/c1-16-4-10-19(11-5-16)36(20-12-6-17(2)7-13-20,21-14-8-18(3)9-15-21)35-37(33,34)27-25(31)23(29)22(28)24(30)26(27)32/h4-15H,1-3H3/p+1. The third-order valence-corrected chi connectivity index (χ3v) is 11.1. The molecule has 4 aromatic carbocycles. The van der Waals surface area contributed by atoms with E-state index in [1.165, 1.54) is 0 Å². The van der Waals surface area contributed by atoms with Crippen molar-refractivity contribution in [2.24, 2.45) is 0 Å². The number of rotatable bonds is 6. The maximum Gasteiger partial charge on any atom is 0.428 e. The molecule has 37 heavy (non-hydrogen) atoms. The van der Waals surface area contributed by atoms with Gasteiger partial charge in [0.15, 0.2) is 23.3 Å². The van der Waals surface area contributed by atoms with Crippen molar-refractivity contribution in [1.29, 1.82) is 0 Å². The minimum Gasteiger partial charge on any atom is -0.258 e. The molecule has 0 amide bonds. The van der Waals surface area contributed by atoms with Gasteiger partial charge >= 0.3 is 10.1 Å². The highest BCUT2D eigenvalue weighted by molar-refractivity contribution is 8.32. The van der Waals surface area contributed by atoms with E-state index in [9.17, 15) is 30.4 Å². The molecule has 3 nitrogen and oxygen atoms in total. The Labute approximate surface area is 213 Å². The maximum absolute atomic E-state index is 14.7. The average molecular weight is 554 g/mol. The zero-order valence-corrected chi connectivity index (χ0v) is 21.5. The molecule has 0 spiro atoms. The van der Waals surface area contributed by atoms with Crippen LogP contribution in [0, 0.1) is 49.9 Å². The van der Waals surface area contributed by atoms with E-state index in [2.05, 4.69) is 3.63 Å². The topological polar surface area (TPSA) is 46.9 Å². The SMILES string of the molecule is Cc1ccc(S([OH+]S(=O)(=O)c2c(F)c(F)c(F)c(F)c2F)(c2ccc(C)cc2)c2ccc(C)cc2)cc1. The average Bonchev–Trinajstić information content (AvgIpc) is 2.86. The molecule has 0 saturated heterocycles. The van der Waals surface area contributed by atoms with Gasteiger partial charge in [-0.25, -0.2) is 22.0 Å². The van der Waals surface area contributed by atoms with Crippen LogP contribution in [-0.2, 0) is 10.1 Å². The molecule has 0 fully saturated rings. The van der Waals surface area contributed by atoms with Crippen LogP contribution in [-0.4, -0.2) is 12.0 Å². The zero-order valence-electron chi connectivity index (χ0n) is 19.9. The van der Waals surface area contributed by atoms with Gasteiger partial charge in [0.05, 0.1) is 25.0 Å². The van der Waals surface area contributed by atoms with Gasteiger partial charge in [-0.1, -0.05) is 53.1 Å². The Kier molecular flexibility index (Phi) is 7.20. The van der Waals surface area contributed by atoms with Gasteiger partial charge in [0.25, 0.3) is 0 Å². The molecule has 194 valence electrons. The Balaban J connectivity index is 2.09. The molecule has 1 N–H and O–H groups in total. The van der Waals surface area contributed by atoms with E-state index in [0.29, 0.717) is 14.7 Å². The molecule has 0 aromatic heterocycles. The Bertz CT molecular complexity index is 1430. The van der Waals surface area contributed by atoms with Crippen LogP contribution in [0.15, 0.2) is 92.4 Å². The number of halogens is 5. The Morgan fingerprint density at radius 1 is 0.486 bits per heavy atom. The number of aryl methyl sites for hydroxylation is 3. The van der Waals surface area contributed by atoms with Crippen LogP contribution in [0.5, 0.6) is 0 Å². The van der Waals surface area contributed by atoms with Crippen molar-refractivity contribution in [3.63, 3.8) is 0 Å². The normalized spacial score (nSPS) is 12.5. The summed E-state index contributed by atoms with van der Waals surface area (Å²) < 4.78 is 102. The summed E-state index contributed by atoms with van der Waals surface area (Å²) in [7, 11) is -8.64. The first-order valence-corrected chi connectivity index (χ1v) is 14.0. The molecule has 0 aliphatic carbocycles. The summed E-state index contributed by atoms with van der Waals surface area (Å²) in [6.07, 6.45) is 0. The van der Waals surface area contributed by atoms with Gasteiger partial charge < -0.3 is 0 Å². The number of benzene rings is 4. The van der Waals surface area contributed by atoms with E-state index in [1.807, 2.05) is 20.8 Å². The highest BCUT2D eigenvalue weighted by Crippen LogP contribution is 2.68. The van der Waals surface area contributed by atoms with Crippen LogP contribution in [0.4, 0.5) is 22.0 Å². The lowest BCUT2D eigenvalue weighted by Crippen LogP contribution is -2.22. The summed E-state index contributed by atoms with van der Waals surface area (Å²) in [5.41, 5.74) is 2.56. The summed E-state index contributed by atoms with van der Waals surface area (Å²) in [4.78, 5) is -0.832. The Morgan fingerprint density at radius 3 is 1.05 bits per heavy atom. The molecule has 0 aliphatic rings. The fraction of sp³-hybridized carbons (Fsp3) is 0.111. The molecule has 4 rings (SSSR count). The molecule has 0 radical (unpaired) electrons. The van der Waals surface area contributed by atoms with E-state index in [4.69, 9.17) is 0 Å². The quantitative estimate of drug-likeness (QED) is 0.0799. The van der Waals surface area contributed by atoms with Gasteiger partial charge in [0.1, 0.15) is 0 Å². The van der Waals surface area contributed by atoms with Crippen molar-refractivity contribution in [3.05, 3.63) is 119 Å². The van der Waals surface area contributed by atoms with Crippen LogP contribution in [0.25, 0.3) is 0 Å². The highest BCUT2D eigenvalue weighted by Gasteiger charge is 2.47. The molecule has 0 bridgehead atoms. The Hall–Kier alpha value is -3.21. The molecular weight excluding hydrogens is 531 g/mol. The van der Waals surface area contributed by atoms with Gasteiger partial charge in [-0.3, -0.25) is 3.63 Å². The fourth-order valence-electron chi connectivity index (χ4n) is 3.74. The van der Waals surface area contributed by atoms with Crippen molar-refractivity contribution in [1.82, 2.24) is 0 Å². The van der Waals surface area contributed by atoms with Gasteiger partial charge in [-0.05, 0) is 57.2 Å². The molecule has 0 atom stereocenters. The highest BCUT2D eigenvalue weighted by atomic mass is 32.3. The van der Waals surface area contributed by atoms with Crippen molar-refractivity contribution < 1.29 is 34.0 Å².